The van der Waals surface area contributed by atoms with Gasteiger partial charge in [0.1, 0.15) is 0 Å². The first-order valence-electron chi connectivity index (χ1n) is 7.58. The number of carbonyl (C=O) groups excluding carboxylic acids is 1. The summed E-state index contributed by atoms with van der Waals surface area (Å²) >= 11 is 6.17. The molecule has 0 spiro atoms. The Balaban J connectivity index is 1.80. The standard InChI is InChI=1S/C19H15ClN2O3/c20-16-8-7-14(22-9-3-4-10-22)12-17(16)21-18(23)11-13-5-1-2-6-15(13)19(24)25/h1-10,12H,11H2,(H,21,23)(H,24,25). The van der Waals surface area contributed by atoms with Crippen molar-refractivity contribution in [1.82, 2.24) is 4.57 Å². The predicted molar refractivity (Wildman–Crippen MR) is 96.5 cm³/mol. The minimum absolute atomic E-state index is 0.0491. The minimum atomic E-state index is -1.06. The maximum atomic E-state index is 12.3. The van der Waals surface area contributed by atoms with Crippen molar-refractivity contribution in [1.29, 1.82) is 0 Å². The Morgan fingerprint density at radius 1 is 1.04 bits per heavy atom. The number of carbonyl (C=O) groups is 2. The fourth-order valence-electron chi connectivity index (χ4n) is 2.53. The molecule has 126 valence electrons. The summed E-state index contributed by atoms with van der Waals surface area (Å²) in [6.45, 7) is 0. The average molecular weight is 355 g/mol. The topological polar surface area (TPSA) is 71.3 Å². The highest BCUT2D eigenvalue weighted by Crippen LogP contribution is 2.25. The van der Waals surface area contributed by atoms with Gasteiger partial charge < -0.3 is 15.0 Å². The van der Waals surface area contributed by atoms with Crippen LogP contribution in [0.3, 0.4) is 0 Å². The number of nitrogens with one attached hydrogen (secondary N) is 1. The van der Waals surface area contributed by atoms with Crippen molar-refractivity contribution in [3.63, 3.8) is 0 Å². The van der Waals surface area contributed by atoms with E-state index in [0.29, 0.717) is 16.3 Å². The van der Waals surface area contributed by atoms with Crippen molar-refractivity contribution in [3.8, 4) is 5.69 Å². The lowest BCUT2D eigenvalue weighted by Crippen LogP contribution is -2.17. The zero-order valence-corrected chi connectivity index (χ0v) is 13.9. The van der Waals surface area contributed by atoms with Crippen LogP contribution in [0.4, 0.5) is 5.69 Å². The van der Waals surface area contributed by atoms with Crippen LogP contribution in [0.5, 0.6) is 0 Å². The van der Waals surface area contributed by atoms with Crippen molar-refractivity contribution in [2.24, 2.45) is 0 Å². The van der Waals surface area contributed by atoms with E-state index in [9.17, 15) is 14.7 Å². The van der Waals surface area contributed by atoms with Gasteiger partial charge in [-0.25, -0.2) is 4.79 Å². The SMILES string of the molecule is O=C(Cc1ccccc1C(=O)O)Nc1cc(-n2cccc2)ccc1Cl. The van der Waals surface area contributed by atoms with E-state index in [4.69, 9.17) is 11.6 Å². The number of carboxylic acid groups (broad SMARTS) is 1. The molecule has 0 atom stereocenters. The Bertz CT molecular complexity index is 920. The Morgan fingerprint density at radius 3 is 2.48 bits per heavy atom. The number of rotatable bonds is 5. The zero-order chi connectivity index (χ0) is 17.8. The predicted octanol–water partition coefficient (Wildman–Crippen LogP) is 4.01. The number of anilines is 1. The summed E-state index contributed by atoms with van der Waals surface area (Å²) in [6, 6.07) is 15.5. The van der Waals surface area contributed by atoms with Crippen LogP contribution in [0.15, 0.2) is 67.0 Å². The second-order valence-electron chi connectivity index (χ2n) is 5.44. The smallest absolute Gasteiger partial charge is 0.335 e. The van der Waals surface area contributed by atoms with Gasteiger partial charge in [-0.3, -0.25) is 4.79 Å². The Labute approximate surface area is 149 Å². The fourth-order valence-corrected chi connectivity index (χ4v) is 2.69. The van der Waals surface area contributed by atoms with Crippen molar-refractivity contribution in [3.05, 3.63) is 83.1 Å². The van der Waals surface area contributed by atoms with Crippen LogP contribution in [-0.4, -0.2) is 21.6 Å². The molecule has 0 aliphatic carbocycles. The third kappa shape index (κ3) is 3.89. The largest absolute Gasteiger partial charge is 0.478 e. The first kappa shape index (κ1) is 16.8. The number of hydrogen-bond acceptors (Lipinski definition) is 2. The van der Waals surface area contributed by atoms with Gasteiger partial charge >= 0.3 is 5.97 Å². The van der Waals surface area contributed by atoms with Crippen LogP contribution >= 0.6 is 11.6 Å². The van der Waals surface area contributed by atoms with Gasteiger partial charge in [-0.05, 0) is 42.0 Å². The van der Waals surface area contributed by atoms with E-state index in [1.807, 2.05) is 35.2 Å². The molecule has 0 bridgehead atoms. The molecule has 0 aliphatic heterocycles. The molecular weight excluding hydrogens is 340 g/mol. The zero-order valence-electron chi connectivity index (χ0n) is 13.1. The molecule has 2 N–H and O–H groups in total. The van der Waals surface area contributed by atoms with Gasteiger partial charge in [0.05, 0.1) is 22.7 Å². The molecule has 0 fully saturated rings. The van der Waals surface area contributed by atoms with Crippen molar-refractivity contribution >= 4 is 29.2 Å². The maximum Gasteiger partial charge on any atom is 0.335 e. The summed E-state index contributed by atoms with van der Waals surface area (Å²) in [5, 5.41) is 12.4. The van der Waals surface area contributed by atoms with E-state index in [1.165, 1.54) is 6.07 Å². The number of benzene rings is 2. The number of aromatic carboxylic acids is 1. The third-order valence-corrected chi connectivity index (χ3v) is 4.05. The first-order valence-corrected chi connectivity index (χ1v) is 7.96. The van der Waals surface area contributed by atoms with Gasteiger partial charge in [-0.15, -0.1) is 0 Å². The minimum Gasteiger partial charge on any atom is -0.478 e. The van der Waals surface area contributed by atoms with E-state index in [0.717, 1.165) is 5.69 Å². The molecule has 0 saturated heterocycles. The second-order valence-corrected chi connectivity index (χ2v) is 5.85. The van der Waals surface area contributed by atoms with Gasteiger partial charge in [0.25, 0.3) is 0 Å². The number of hydrogen-bond donors (Lipinski definition) is 2. The Kier molecular flexibility index (Phi) is 4.86. The highest BCUT2D eigenvalue weighted by molar-refractivity contribution is 6.33. The molecule has 1 heterocycles. The molecule has 6 heteroatoms. The number of amides is 1. The number of halogens is 1. The van der Waals surface area contributed by atoms with Crippen molar-refractivity contribution < 1.29 is 14.7 Å². The second kappa shape index (κ2) is 7.23. The lowest BCUT2D eigenvalue weighted by atomic mass is 10.0. The Hall–Kier alpha value is -3.05. The molecule has 3 aromatic rings. The van der Waals surface area contributed by atoms with Crippen molar-refractivity contribution in [2.75, 3.05) is 5.32 Å². The summed E-state index contributed by atoms with van der Waals surface area (Å²) in [4.78, 5) is 23.6. The van der Waals surface area contributed by atoms with Crippen LogP contribution in [-0.2, 0) is 11.2 Å². The first-order chi connectivity index (χ1) is 12.0. The van der Waals surface area contributed by atoms with E-state index in [2.05, 4.69) is 5.32 Å². The molecule has 0 saturated carbocycles. The molecule has 3 rings (SSSR count). The van der Waals surface area contributed by atoms with Gasteiger partial charge in [-0.2, -0.15) is 0 Å². The van der Waals surface area contributed by atoms with Crippen LogP contribution in [0, 0.1) is 0 Å². The van der Waals surface area contributed by atoms with E-state index in [1.54, 1.807) is 30.3 Å². The highest BCUT2D eigenvalue weighted by Gasteiger charge is 2.14. The molecule has 1 amide bonds. The molecule has 0 aliphatic rings. The van der Waals surface area contributed by atoms with Gasteiger partial charge in [-0.1, -0.05) is 29.8 Å². The number of carboxylic acids is 1. The van der Waals surface area contributed by atoms with E-state index in [-0.39, 0.29) is 17.9 Å². The summed E-state index contributed by atoms with van der Waals surface area (Å²) in [7, 11) is 0. The van der Waals surface area contributed by atoms with Crippen LogP contribution in [0.25, 0.3) is 5.69 Å². The molecule has 0 radical (unpaired) electrons. The van der Waals surface area contributed by atoms with E-state index < -0.39 is 5.97 Å². The molecule has 5 nitrogen and oxygen atoms in total. The summed E-state index contributed by atoms with van der Waals surface area (Å²) in [5.41, 5.74) is 1.90. The van der Waals surface area contributed by atoms with Gasteiger partial charge in [0.15, 0.2) is 0 Å². The normalized spacial score (nSPS) is 10.4. The van der Waals surface area contributed by atoms with Crippen molar-refractivity contribution in [2.45, 2.75) is 6.42 Å². The van der Waals surface area contributed by atoms with Gasteiger partial charge in [0.2, 0.25) is 5.91 Å². The molecular formula is C19H15ClN2O3. The highest BCUT2D eigenvalue weighted by atomic mass is 35.5. The van der Waals surface area contributed by atoms with E-state index >= 15 is 0 Å². The quantitative estimate of drug-likeness (QED) is 0.727. The average Bonchev–Trinajstić information content (AvgIpc) is 3.11. The molecule has 25 heavy (non-hydrogen) atoms. The monoisotopic (exact) mass is 354 g/mol. The molecule has 0 unspecified atom stereocenters. The lowest BCUT2D eigenvalue weighted by molar-refractivity contribution is -0.115. The number of nitrogens with zero attached hydrogens (tertiary/aromatic N) is 1. The van der Waals surface area contributed by atoms with Crippen LogP contribution < -0.4 is 5.32 Å². The Morgan fingerprint density at radius 2 is 1.76 bits per heavy atom. The van der Waals surface area contributed by atoms with Crippen LogP contribution in [0.1, 0.15) is 15.9 Å². The lowest BCUT2D eigenvalue weighted by Gasteiger charge is -2.11. The summed E-state index contributed by atoms with van der Waals surface area (Å²) < 4.78 is 1.89. The summed E-state index contributed by atoms with van der Waals surface area (Å²) in [6.07, 6.45) is 3.72. The maximum absolute atomic E-state index is 12.3. The molecule has 1 aromatic heterocycles. The third-order valence-electron chi connectivity index (χ3n) is 3.73. The fraction of sp³-hybridized carbons (Fsp3) is 0.0526. The number of aromatic nitrogens is 1. The van der Waals surface area contributed by atoms with Crippen LogP contribution in [0.2, 0.25) is 5.02 Å². The molecule has 2 aromatic carbocycles. The van der Waals surface area contributed by atoms with Gasteiger partial charge in [0, 0.05) is 18.1 Å². The summed E-state index contributed by atoms with van der Waals surface area (Å²) in [5.74, 6) is -1.39.